The Bertz CT molecular complexity index is 488. The Kier molecular flexibility index (Phi) is 9.89. The van der Waals surface area contributed by atoms with Crippen molar-refractivity contribution in [3.63, 3.8) is 0 Å². The van der Waals surface area contributed by atoms with Gasteiger partial charge in [0.1, 0.15) is 0 Å². The Morgan fingerprint density at radius 1 is 1.38 bits per heavy atom. The molecule has 1 rings (SSSR count). The SMILES string of the molecule is COCCNCCNC(=O)c1ccc([N+](=O)[O-])cc1Br.Cl. The third kappa shape index (κ3) is 6.85. The molecule has 0 aromatic heterocycles. The molecule has 1 aromatic carbocycles. The molecule has 0 radical (unpaired) electrons. The normalized spacial score (nSPS) is 9.81. The summed E-state index contributed by atoms with van der Waals surface area (Å²) in [5.41, 5.74) is 0.308. The monoisotopic (exact) mass is 381 g/mol. The van der Waals surface area contributed by atoms with Crippen LogP contribution in [0.3, 0.4) is 0 Å². The first-order chi connectivity index (χ1) is 9.56. The number of nitrogens with zero attached hydrogens (tertiary/aromatic N) is 1. The summed E-state index contributed by atoms with van der Waals surface area (Å²) < 4.78 is 5.27. The van der Waals surface area contributed by atoms with Crippen LogP contribution in [-0.4, -0.2) is 44.2 Å². The standard InChI is InChI=1S/C12H16BrN3O4.ClH/c1-20-7-6-14-4-5-15-12(17)10-3-2-9(16(18)19)8-11(10)13;/h2-3,8,14H,4-7H2,1H3,(H,15,17);1H. The van der Waals surface area contributed by atoms with E-state index in [1.54, 1.807) is 7.11 Å². The minimum Gasteiger partial charge on any atom is -0.383 e. The molecule has 0 saturated heterocycles. The van der Waals surface area contributed by atoms with E-state index >= 15 is 0 Å². The fourth-order valence-electron chi connectivity index (χ4n) is 1.46. The van der Waals surface area contributed by atoms with E-state index in [0.717, 1.165) is 0 Å². The van der Waals surface area contributed by atoms with E-state index < -0.39 is 4.92 Å². The van der Waals surface area contributed by atoms with E-state index in [1.807, 2.05) is 0 Å². The van der Waals surface area contributed by atoms with Crippen LogP contribution in [0.15, 0.2) is 22.7 Å². The summed E-state index contributed by atoms with van der Waals surface area (Å²) in [4.78, 5) is 22.0. The predicted molar refractivity (Wildman–Crippen MR) is 85.1 cm³/mol. The maximum Gasteiger partial charge on any atom is 0.270 e. The lowest BCUT2D eigenvalue weighted by Crippen LogP contribution is -2.33. The molecule has 0 aliphatic heterocycles. The minimum absolute atomic E-state index is 0. The molecule has 21 heavy (non-hydrogen) atoms. The van der Waals surface area contributed by atoms with Crippen molar-refractivity contribution >= 4 is 39.9 Å². The summed E-state index contributed by atoms with van der Waals surface area (Å²) in [7, 11) is 1.62. The highest BCUT2D eigenvalue weighted by atomic mass is 79.9. The van der Waals surface area contributed by atoms with Crippen LogP contribution in [-0.2, 0) is 4.74 Å². The number of hydrogen-bond donors (Lipinski definition) is 2. The fourth-order valence-corrected chi connectivity index (χ4v) is 2.01. The van der Waals surface area contributed by atoms with Crippen LogP contribution in [0.5, 0.6) is 0 Å². The Morgan fingerprint density at radius 2 is 2.10 bits per heavy atom. The van der Waals surface area contributed by atoms with Crippen molar-refractivity contribution in [2.45, 2.75) is 0 Å². The molecule has 0 aliphatic carbocycles. The van der Waals surface area contributed by atoms with Gasteiger partial charge in [0, 0.05) is 43.3 Å². The van der Waals surface area contributed by atoms with Gasteiger partial charge in [0.15, 0.2) is 0 Å². The van der Waals surface area contributed by atoms with E-state index in [0.29, 0.717) is 36.3 Å². The number of rotatable bonds is 8. The quantitative estimate of drug-likeness (QED) is 0.406. The van der Waals surface area contributed by atoms with Crippen LogP contribution in [0.1, 0.15) is 10.4 Å². The summed E-state index contributed by atoms with van der Waals surface area (Å²) in [6, 6.07) is 4.04. The first-order valence-corrected chi connectivity index (χ1v) is 6.77. The Balaban J connectivity index is 0.00000400. The molecule has 2 N–H and O–H groups in total. The van der Waals surface area contributed by atoms with E-state index in [-0.39, 0.29) is 24.0 Å². The van der Waals surface area contributed by atoms with Crippen LogP contribution in [0.4, 0.5) is 5.69 Å². The predicted octanol–water partition coefficient (Wildman–Crippen LogP) is 1.74. The summed E-state index contributed by atoms with van der Waals surface area (Å²) in [5, 5.41) is 16.4. The zero-order valence-electron chi connectivity index (χ0n) is 11.4. The smallest absolute Gasteiger partial charge is 0.270 e. The average molecular weight is 383 g/mol. The maximum absolute atomic E-state index is 11.9. The lowest BCUT2D eigenvalue weighted by Gasteiger charge is -2.07. The van der Waals surface area contributed by atoms with E-state index in [9.17, 15) is 14.9 Å². The van der Waals surface area contributed by atoms with Crippen molar-refractivity contribution in [2.24, 2.45) is 0 Å². The van der Waals surface area contributed by atoms with Crippen molar-refractivity contribution in [1.29, 1.82) is 0 Å². The summed E-state index contributed by atoms with van der Waals surface area (Å²) in [6.45, 7) is 2.42. The molecule has 9 heteroatoms. The topological polar surface area (TPSA) is 93.5 Å². The molecule has 0 fully saturated rings. The van der Waals surface area contributed by atoms with Crippen molar-refractivity contribution in [3.05, 3.63) is 38.3 Å². The molecule has 0 bridgehead atoms. The number of non-ortho nitro benzene ring substituents is 1. The van der Waals surface area contributed by atoms with Crippen LogP contribution < -0.4 is 10.6 Å². The number of nitrogens with one attached hydrogen (secondary N) is 2. The number of methoxy groups -OCH3 is 1. The highest BCUT2D eigenvalue weighted by Crippen LogP contribution is 2.22. The first kappa shape index (κ1) is 19.8. The van der Waals surface area contributed by atoms with Gasteiger partial charge < -0.3 is 15.4 Å². The summed E-state index contributed by atoms with van der Waals surface area (Å²) in [6.07, 6.45) is 0. The molecule has 7 nitrogen and oxygen atoms in total. The molecule has 1 aromatic rings. The summed E-state index contributed by atoms with van der Waals surface area (Å²) in [5.74, 6) is -0.277. The zero-order chi connectivity index (χ0) is 15.0. The van der Waals surface area contributed by atoms with Gasteiger partial charge in [0.2, 0.25) is 0 Å². The van der Waals surface area contributed by atoms with E-state index in [2.05, 4.69) is 26.6 Å². The average Bonchev–Trinajstić information content (AvgIpc) is 2.42. The maximum atomic E-state index is 11.9. The molecule has 0 heterocycles. The number of halogens is 2. The Morgan fingerprint density at radius 3 is 2.67 bits per heavy atom. The number of amides is 1. The number of carbonyl (C=O) groups excluding carboxylic acids is 1. The van der Waals surface area contributed by atoms with Gasteiger partial charge in [-0.2, -0.15) is 0 Å². The number of ether oxygens (including phenoxy) is 1. The molecule has 1 amide bonds. The third-order valence-electron chi connectivity index (χ3n) is 2.48. The number of hydrogen-bond acceptors (Lipinski definition) is 5. The highest BCUT2D eigenvalue weighted by molar-refractivity contribution is 9.10. The minimum atomic E-state index is -0.508. The van der Waals surface area contributed by atoms with Gasteiger partial charge in [0.25, 0.3) is 11.6 Å². The number of benzene rings is 1. The largest absolute Gasteiger partial charge is 0.383 e. The van der Waals surface area contributed by atoms with Gasteiger partial charge in [-0.3, -0.25) is 14.9 Å². The zero-order valence-corrected chi connectivity index (χ0v) is 13.8. The van der Waals surface area contributed by atoms with Gasteiger partial charge in [-0.1, -0.05) is 0 Å². The Labute approximate surface area is 137 Å². The van der Waals surface area contributed by atoms with Crippen LogP contribution >= 0.6 is 28.3 Å². The summed E-state index contributed by atoms with van der Waals surface area (Å²) >= 11 is 3.16. The number of carbonyl (C=O) groups is 1. The lowest BCUT2D eigenvalue weighted by molar-refractivity contribution is -0.384. The van der Waals surface area contributed by atoms with Gasteiger partial charge >= 0.3 is 0 Å². The van der Waals surface area contributed by atoms with Crippen LogP contribution in [0.2, 0.25) is 0 Å². The second-order valence-electron chi connectivity index (χ2n) is 3.92. The molecule has 0 saturated carbocycles. The fraction of sp³-hybridized carbons (Fsp3) is 0.417. The Hall–Kier alpha value is -1.22. The molecule has 0 unspecified atom stereocenters. The number of nitro benzene ring substituents is 1. The molecule has 0 aliphatic rings. The lowest BCUT2D eigenvalue weighted by atomic mass is 10.2. The molecule has 0 atom stereocenters. The first-order valence-electron chi connectivity index (χ1n) is 5.98. The van der Waals surface area contributed by atoms with Gasteiger partial charge in [-0.05, 0) is 22.0 Å². The van der Waals surface area contributed by atoms with Gasteiger partial charge in [0.05, 0.1) is 17.1 Å². The molecule has 118 valence electrons. The second-order valence-corrected chi connectivity index (χ2v) is 4.77. The van der Waals surface area contributed by atoms with Crippen molar-refractivity contribution < 1.29 is 14.5 Å². The van der Waals surface area contributed by atoms with Gasteiger partial charge in [-0.15, -0.1) is 12.4 Å². The highest BCUT2D eigenvalue weighted by Gasteiger charge is 2.13. The third-order valence-corrected chi connectivity index (χ3v) is 3.13. The van der Waals surface area contributed by atoms with Crippen molar-refractivity contribution in [2.75, 3.05) is 33.4 Å². The van der Waals surface area contributed by atoms with Crippen LogP contribution in [0, 0.1) is 10.1 Å². The molecular weight excluding hydrogens is 366 g/mol. The van der Waals surface area contributed by atoms with Gasteiger partial charge in [-0.25, -0.2) is 0 Å². The number of nitro groups is 1. The van der Waals surface area contributed by atoms with Crippen molar-refractivity contribution in [1.82, 2.24) is 10.6 Å². The van der Waals surface area contributed by atoms with Crippen LogP contribution in [0.25, 0.3) is 0 Å². The molecular formula is C12H17BrClN3O4. The molecule has 0 spiro atoms. The van der Waals surface area contributed by atoms with Crippen molar-refractivity contribution in [3.8, 4) is 0 Å². The van der Waals surface area contributed by atoms with E-state index in [4.69, 9.17) is 4.74 Å². The van der Waals surface area contributed by atoms with E-state index in [1.165, 1.54) is 18.2 Å². The second kappa shape index (κ2) is 10.5.